The largest absolute Gasteiger partial charge is 0.301 e. The average molecular weight is 343 g/mol. The summed E-state index contributed by atoms with van der Waals surface area (Å²) in [5.74, 6) is 1.44. The van der Waals surface area contributed by atoms with Crippen molar-refractivity contribution in [2.45, 2.75) is 37.8 Å². The predicted octanol–water partition coefficient (Wildman–Crippen LogP) is 3.54. The highest BCUT2D eigenvalue weighted by Gasteiger charge is 2.33. The summed E-state index contributed by atoms with van der Waals surface area (Å²) in [5.41, 5.74) is 1.35. The Hall–Kier alpha value is -1.30. The minimum atomic E-state index is 0.490. The second-order valence-corrected chi connectivity index (χ2v) is 8.54. The maximum absolute atomic E-state index is 4.61. The van der Waals surface area contributed by atoms with E-state index in [9.17, 15) is 0 Å². The molecule has 2 aromatic heterocycles. The van der Waals surface area contributed by atoms with Gasteiger partial charge in [0.25, 0.3) is 0 Å². The lowest BCUT2D eigenvalue weighted by Gasteiger charge is -2.28. The van der Waals surface area contributed by atoms with Crippen LogP contribution < -0.4 is 0 Å². The van der Waals surface area contributed by atoms with Crippen molar-refractivity contribution in [3.63, 3.8) is 0 Å². The Morgan fingerprint density at radius 3 is 2.92 bits per heavy atom. The number of thiazole rings is 1. The molecule has 2 fully saturated rings. The molecule has 5 heteroatoms. The minimum Gasteiger partial charge on any atom is -0.301 e. The predicted molar refractivity (Wildman–Crippen MR) is 98.1 cm³/mol. The van der Waals surface area contributed by atoms with Crippen LogP contribution >= 0.6 is 11.3 Å². The van der Waals surface area contributed by atoms with Crippen molar-refractivity contribution in [1.29, 1.82) is 0 Å². The summed E-state index contributed by atoms with van der Waals surface area (Å²) in [4.78, 5) is 15.3. The molecule has 0 radical (unpaired) electrons. The van der Waals surface area contributed by atoms with E-state index in [0.29, 0.717) is 12.0 Å². The molecule has 0 aromatic carbocycles. The van der Waals surface area contributed by atoms with Gasteiger partial charge in [0, 0.05) is 48.5 Å². The number of rotatable bonds is 6. The molecule has 4 rings (SSSR count). The van der Waals surface area contributed by atoms with E-state index in [1.54, 1.807) is 0 Å². The first-order chi connectivity index (χ1) is 11.7. The van der Waals surface area contributed by atoms with Crippen LogP contribution in [0.2, 0.25) is 0 Å². The average Bonchev–Trinajstić information content (AvgIpc) is 3.23. The van der Waals surface area contributed by atoms with Gasteiger partial charge in [0.15, 0.2) is 0 Å². The third-order valence-electron chi connectivity index (χ3n) is 5.27. The van der Waals surface area contributed by atoms with Gasteiger partial charge >= 0.3 is 0 Å². The molecule has 1 aliphatic heterocycles. The third kappa shape index (κ3) is 3.53. The molecule has 2 atom stereocenters. The lowest BCUT2D eigenvalue weighted by Crippen LogP contribution is -2.29. The van der Waals surface area contributed by atoms with Crippen molar-refractivity contribution in [3.8, 4) is 0 Å². The van der Waals surface area contributed by atoms with E-state index in [2.05, 4.69) is 52.2 Å². The lowest BCUT2D eigenvalue weighted by molar-refractivity contribution is 0.214. The van der Waals surface area contributed by atoms with Gasteiger partial charge in [-0.3, -0.25) is 9.88 Å². The second kappa shape index (κ2) is 6.90. The maximum atomic E-state index is 4.61. The molecular weight excluding hydrogens is 316 g/mol. The van der Waals surface area contributed by atoms with Gasteiger partial charge in [0.1, 0.15) is 0 Å². The van der Waals surface area contributed by atoms with Gasteiger partial charge in [-0.2, -0.15) is 0 Å². The van der Waals surface area contributed by atoms with E-state index < -0.39 is 0 Å². The lowest BCUT2D eigenvalue weighted by atomic mass is 9.94. The molecule has 0 amide bonds. The molecule has 0 unspecified atom stereocenters. The van der Waals surface area contributed by atoms with Crippen LogP contribution in [0.15, 0.2) is 30.7 Å². The first-order valence-corrected chi connectivity index (χ1v) is 9.75. The van der Waals surface area contributed by atoms with Gasteiger partial charge in [-0.1, -0.05) is 6.07 Å². The highest BCUT2D eigenvalue weighted by atomic mass is 32.1. The van der Waals surface area contributed by atoms with Crippen LogP contribution in [0.3, 0.4) is 0 Å². The molecular formula is C19H26N4S. The molecule has 128 valence electrons. The quantitative estimate of drug-likeness (QED) is 0.804. The summed E-state index contributed by atoms with van der Waals surface area (Å²) in [6.07, 6.45) is 9.92. The normalized spacial score (nSPS) is 24.8. The van der Waals surface area contributed by atoms with Gasteiger partial charge in [-0.05, 0) is 57.5 Å². The van der Waals surface area contributed by atoms with Crippen LogP contribution in [-0.4, -0.2) is 47.0 Å². The van der Waals surface area contributed by atoms with E-state index in [1.807, 2.05) is 23.7 Å². The van der Waals surface area contributed by atoms with E-state index in [1.165, 1.54) is 41.3 Å². The first kappa shape index (κ1) is 16.2. The van der Waals surface area contributed by atoms with Crippen LogP contribution in [0.1, 0.15) is 46.7 Å². The number of nitrogens with zero attached hydrogens (tertiary/aromatic N) is 4. The van der Waals surface area contributed by atoms with Crippen molar-refractivity contribution in [3.05, 3.63) is 46.2 Å². The first-order valence-electron chi connectivity index (χ1n) is 8.94. The van der Waals surface area contributed by atoms with Crippen LogP contribution in [0.5, 0.6) is 0 Å². The Balaban J connectivity index is 1.39. The van der Waals surface area contributed by atoms with Crippen LogP contribution in [-0.2, 0) is 6.54 Å². The SMILES string of the molecule is CN(Cc1cnc(C2CC2)s1)C[C@@H]1CCN(C)[C@H]1c1cccnc1. The van der Waals surface area contributed by atoms with Crippen molar-refractivity contribution in [2.75, 3.05) is 27.2 Å². The fourth-order valence-corrected chi connectivity index (χ4v) is 5.11. The number of aromatic nitrogens is 2. The van der Waals surface area contributed by atoms with Crippen molar-refractivity contribution in [2.24, 2.45) is 5.92 Å². The highest BCUT2D eigenvalue weighted by molar-refractivity contribution is 7.11. The van der Waals surface area contributed by atoms with Gasteiger partial charge in [-0.15, -0.1) is 11.3 Å². The zero-order valence-electron chi connectivity index (χ0n) is 14.6. The fourth-order valence-electron chi connectivity index (χ4n) is 3.94. The summed E-state index contributed by atoms with van der Waals surface area (Å²) in [5, 5.41) is 1.35. The number of likely N-dealkylation sites (tertiary alicyclic amines) is 1. The zero-order valence-corrected chi connectivity index (χ0v) is 15.4. The second-order valence-electron chi connectivity index (χ2n) is 7.40. The molecule has 24 heavy (non-hydrogen) atoms. The molecule has 0 N–H and O–H groups in total. The fraction of sp³-hybridized carbons (Fsp3) is 0.579. The van der Waals surface area contributed by atoms with Gasteiger partial charge in [-0.25, -0.2) is 4.98 Å². The van der Waals surface area contributed by atoms with Gasteiger partial charge < -0.3 is 4.90 Å². The van der Waals surface area contributed by atoms with E-state index in [4.69, 9.17) is 0 Å². The summed E-state index contributed by atoms with van der Waals surface area (Å²) < 4.78 is 0. The van der Waals surface area contributed by atoms with Gasteiger partial charge in [0.2, 0.25) is 0 Å². The van der Waals surface area contributed by atoms with Crippen LogP contribution in [0, 0.1) is 5.92 Å². The number of hydrogen-bond donors (Lipinski definition) is 0. The Morgan fingerprint density at radius 1 is 1.29 bits per heavy atom. The Labute approximate surface area is 148 Å². The molecule has 1 saturated carbocycles. The van der Waals surface area contributed by atoms with E-state index in [0.717, 1.165) is 19.0 Å². The smallest absolute Gasteiger partial charge is 0.0959 e. The number of hydrogen-bond acceptors (Lipinski definition) is 5. The molecule has 1 saturated heterocycles. The van der Waals surface area contributed by atoms with E-state index in [-0.39, 0.29) is 0 Å². The maximum Gasteiger partial charge on any atom is 0.0959 e. The summed E-state index contributed by atoms with van der Waals surface area (Å²) in [7, 11) is 4.48. The van der Waals surface area contributed by atoms with Crippen molar-refractivity contribution >= 4 is 11.3 Å². The minimum absolute atomic E-state index is 0.490. The molecule has 4 nitrogen and oxygen atoms in total. The standard InChI is InChI=1S/C19H26N4S/c1-22(13-17-11-21-19(24-17)14-5-6-14)12-16-7-9-23(2)18(16)15-4-3-8-20-10-15/h3-4,8,10-11,14,16,18H,5-7,9,12-13H2,1-2H3/t16-,18-/m0/s1. The monoisotopic (exact) mass is 342 g/mol. The Kier molecular flexibility index (Phi) is 4.66. The molecule has 3 heterocycles. The molecule has 2 aromatic rings. The third-order valence-corrected chi connectivity index (χ3v) is 6.41. The Morgan fingerprint density at radius 2 is 2.17 bits per heavy atom. The van der Waals surface area contributed by atoms with Gasteiger partial charge in [0.05, 0.1) is 5.01 Å². The summed E-state index contributed by atoms with van der Waals surface area (Å²) in [6, 6.07) is 4.76. The molecule has 2 aliphatic rings. The molecule has 0 bridgehead atoms. The Bertz CT molecular complexity index is 667. The van der Waals surface area contributed by atoms with Crippen molar-refractivity contribution < 1.29 is 0 Å². The van der Waals surface area contributed by atoms with Crippen molar-refractivity contribution in [1.82, 2.24) is 19.8 Å². The summed E-state index contributed by atoms with van der Waals surface area (Å²) in [6.45, 7) is 3.31. The summed E-state index contributed by atoms with van der Waals surface area (Å²) >= 11 is 1.91. The number of pyridine rings is 1. The topological polar surface area (TPSA) is 32.3 Å². The molecule has 1 aliphatic carbocycles. The van der Waals surface area contributed by atoms with Crippen LogP contribution in [0.4, 0.5) is 0 Å². The van der Waals surface area contributed by atoms with E-state index >= 15 is 0 Å². The molecule has 0 spiro atoms. The zero-order chi connectivity index (χ0) is 16.5. The van der Waals surface area contributed by atoms with Crippen LogP contribution in [0.25, 0.3) is 0 Å². The highest BCUT2D eigenvalue weighted by Crippen LogP contribution is 2.42.